The number of allylic oxidation sites excluding steroid dienone is 3. The topological polar surface area (TPSA) is 27.7 Å². The van der Waals surface area contributed by atoms with Gasteiger partial charge in [0.25, 0.3) is 0 Å². The fraction of sp³-hybridized carbons (Fsp3) is 0.290. The first-order valence-corrected chi connectivity index (χ1v) is 12.6. The van der Waals surface area contributed by atoms with E-state index in [0.717, 1.165) is 43.4 Å². The highest BCUT2D eigenvalue weighted by Crippen LogP contribution is 2.36. The van der Waals surface area contributed by atoms with E-state index in [9.17, 15) is 17.6 Å². The van der Waals surface area contributed by atoms with Gasteiger partial charge in [0, 0.05) is 11.5 Å². The number of unbranched alkanes of at least 4 members (excludes halogenated alkanes) is 1. The van der Waals surface area contributed by atoms with Crippen LogP contribution in [-0.4, -0.2) is 13.2 Å². The first kappa shape index (κ1) is 27.6. The van der Waals surface area contributed by atoms with E-state index in [0.29, 0.717) is 24.3 Å². The van der Waals surface area contributed by atoms with Gasteiger partial charge in [-0.1, -0.05) is 48.6 Å². The fourth-order valence-corrected chi connectivity index (χ4v) is 4.16. The Bertz CT molecular complexity index is 1210. The molecule has 0 unspecified atom stereocenters. The highest BCUT2D eigenvalue weighted by molar-refractivity contribution is 5.64. The summed E-state index contributed by atoms with van der Waals surface area (Å²) >= 11 is 0. The lowest BCUT2D eigenvalue weighted by molar-refractivity contribution is -0.206. The molecular weight excluding hydrogens is 496 g/mol. The van der Waals surface area contributed by atoms with Gasteiger partial charge < -0.3 is 14.2 Å². The number of alkyl halides is 2. The van der Waals surface area contributed by atoms with Gasteiger partial charge >= 0.3 is 6.11 Å². The van der Waals surface area contributed by atoms with Crippen LogP contribution in [0.2, 0.25) is 0 Å². The van der Waals surface area contributed by atoms with Crippen LogP contribution in [-0.2, 0) is 15.6 Å². The van der Waals surface area contributed by atoms with E-state index < -0.39 is 23.8 Å². The molecule has 0 aliphatic carbocycles. The minimum Gasteiger partial charge on any atom is -0.429 e. The molecule has 0 atom stereocenters. The van der Waals surface area contributed by atoms with Crippen molar-refractivity contribution in [2.75, 3.05) is 13.2 Å². The molecule has 200 valence electrons. The lowest BCUT2D eigenvalue weighted by Crippen LogP contribution is -2.27. The molecule has 0 radical (unpaired) electrons. The summed E-state index contributed by atoms with van der Waals surface area (Å²) in [5.74, 6) is -1.41. The fourth-order valence-electron chi connectivity index (χ4n) is 4.16. The Kier molecular flexibility index (Phi) is 9.37. The van der Waals surface area contributed by atoms with E-state index in [-0.39, 0.29) is 17.5 Å². The van der Waals surface area contributed by atoms with Gasteiger partial charge in [0.2, 0.25) is 0 Å². The lowest BCUT2D eigenvalue weighted by atomic mass is 10.0. The van der Waals surface area contributed by atoms with Crippen molar-refractivity contribution in [1.29, 1.82) is 0 Å². The molecule has 4 rings (SSSR count). The second-order valence-electron chi connectivity index (χ2n) is 9.17. The van der Waals surface area contributed by atoms with Crippen molar-refractivity contribution in [3.63, 3.8) is 0 Å². The van der Waals surface area contributed by atoms with Gasteiger partial charge in [-0.15, -0.1) is 6.58 Å². The van der Waals surface area contributed by atoms with E-state index >= 15 is 0 Å². The predicted octanol–water partition coefficient (Wildman–Crippen LogP) is 8.72. The third-order valence-electron chi connectivity index (χ3n) is 6.27. The van der Waals surface area contributed by atoms with Gasteiger partial charge in [0.15, 0.2) is 6.29 Å². The first-order chi connectivity index (χ1) is 18.4. The van der Waals surface area contributed by atoms with Crippen LogP contribution in [0, 0.1) is 17.6 Å². The first-order valence-electron chi connectivity index (χ1n) is 12.6. The van der Waals surface area contributed by atoms with Gasteiger partial charge in [0.05, 0.1) is 18.8 Å². The van der Waals surface area contributed by atoms with Gasteiger partial charge in [-0.25, -0.2) is 8.78 Å². The maximum atomic E-state index is 14.8. The SMILES string of the molecule is C=CCC/C=C/CCC1COC(c2ccc(C(F)(F)Oc3ccc(-c4ccc(F)cc4)cc3)c(F)c2)OC1. The molecule has 0 aromatic heterocycles. The molecule has 0 bridgehead atoms. The highest BCUT2D eigenvalue weighted by Gasteiger charge is 2.38. The molecule has 0 amide bonds. The maximum Gasteiger partial charge on any atom is 0.429 e. The summed E-state index contributed by atoms with van der Waals surface area (Å²) in [4.78, 5) is 0. The number of ether oxygens (including phenoxy) is 3. The van der Waals surface area contributed by atoms with Gasteiger partial charge in [-0.2, -0.15) is 8.78 Å². The zero-order valence-electron chi connectivity index (χ0n) is 20.9. The quantitative estimate of drug-likeness (QED) is 0.142. The predicted molar refractivity (Wildman–Crippen MR) is 139 cm³/mol. The van der Waals surface area contributed by atoms with E-state index in [2.05, 4.69) is 18.7 Å². The van der Waals surface area contributed by atoms with Crippen molar-refractivity contribution in [1.82, 2.24) is 0 Å². The zero-order chi connectivity index (χ0) is 27.0. The molecule has 3 aromatic carbocycles. The number of hydrogen-bond acceptors (Lipinski definition) is 3. The van der Waals surface area contributed by atoms with Crippen molar-refractivity contribution >= 4 is 0 Å². The van der Waals surface area contributed by atoms with Crippen molar-refractivity contribution in [2.24, 2.45) is 5.92 Å². The number of hydrogen-bond donors (Lipinski definition) is 0. The van der Waals surface area contributed by atoms with Crippen LogP contribution < -0.4 is 4.74 Å². The molecule has 1 heterocycles. The van der Waals surface area contributed by atoms with Crippen molar-refractivity contribution in [3.05, 3.63) is 114 Å². The van der Waals surface area contributed by atoms with Crippen LogP contribution in [0.25, 0.3) is 11.1 Å². The molecule has 1 saturated heterocycles. The Labute approximate surface area is 220 Å². The summed E-state index contributed by atoms with van der Waals surface area (Å²) in [6.07, 6.45) is 5.16. The summed E-state index contributed by atoms with van der Waals surface area (Å²) in [6, 6.07) is 15.0. The molecule has 1 aliphatic rings. The second kappa shape index (κ2) is 12.9. The Hall–Kier alpha value is -3.42. The summed E-state index contributed by atoms with van der Waals surface area (Å²) in [5, 5.41) is 0. The summed E-state index contributed by atoms with van der Waals surface area (Å²) in [7, 11) is 0. The number of rotatable bonds is 11. The average molecular weight is 527 g/mol. The van der Waals surface area contributed by atoms with Gasteiger partial charge in [0.1, 0.15) is 17.4 Å². The van der Waals surface area contributed by atoms with Crippen LogP contribution in [0.5, 0.6) is 5.75 Å². The van der Waals surface area contributed by atoms with Crippen molar-refractivity contribution in [3.8, 4) is 16.9 Å². The Morgan fingerprint density at radius 3 is 2.11 bits per heavy atom. The average Bonchev–Trinajstić information content (AvgIpc) is 2.91. The third-order valence-corrected chi connectivity index (χ3v) is 6.27. The molecule has 1 fully saturated rings. The van der Waals surface area contributed by atoms with Gasteiger partial charge in [-0.05, 0) is 73.2 Å². The molecule has 7 heteroatoms. The molecule has 0 saturated carbocycles. The summed E-state index contributed by atoms with van der Waals surface area (Å²) in [6.45, 7) is 4.59. The molecule has 0 N–H and O–H groups in total. The van der Waals surface area contributed by atoms with Crippen LogP contribution in [0.15, 0.2) is 91.5 Å². The Morgan fingerprint density at radius 1 is 0.842 bits per heavy atom. The van der Waals surface area contributed by atoms with Crippen LogP contribution in [0.4, 0.5) is 17.6 Å². The molecule has 3 aromatic rings. The van der Waals surface area contributed by atoms with E-state index in [1.54, 1.807) is 24.3 Å². The maximum absolute atomic E-state index is 14.8. The van der Waals surface area contributed by atoms with Crippen molar-refractivity contribution < 1.29 is 31.8 Å². The Balaban J connectivity index is 1.32. The minimum atomic E-state index is -3.90. The van der Waals surface area contributed by atoms with Crippen LogP contribution in [0.3, 0.4) is 0 Å². The molecule has 38 heavy (non-hydrogen) atoms. The summed E-state index contributed by atoms with van der Waals surface area (Å²) in [5.41, 5.74) is 0.862. The zero-order valence-corrected chi connectivity index (χ0v) is 20.9. The van der Waals surface area contributed by atoms with Crippen LogP contribution in [0.1, 0.15) is 43.1 Å². The van der Waals surface area contributed by atoms with E-state index in [1.807, 2.05) is 6.08 Å². The van der Waals surface area contributed by atoms with Gasteiger partial charge in [-0.3, -0.25) is 0 Å². The number of benzene rings is 3. The van der Waals surface area contributed by atoms with E-state index in [4.69, 9.17) is 14.2 Å². The number of halogens is 4. The lowest BCUT2D eigenvalue weighted by Gasteiger charge is -2.29. The molecule has 3 nitrogen and oxygen atoms in total. The monoisotopic (exact) mass is 526 g/mol. The highest BCUT2D eigenvalue weighted by atomic mass is 19.3. The molecular formula is C31H30F4O3. The normalized spacial score (nSPS) is 18.0. The smallest absolute Gasteiger partial charge is 0.429 e. The molecule has 0 spiro atoms. The third kappa shape index (κ3) is 7.33. The van der Waals surface area contributed by atoms with E-state index in [1.165, 1.54) is 30.3 Å². The standard InChI is InChI=1S/C31H30F4O3/c1-2-3-4-5-6-7-8-22-20-36-30(37-21-22)25-13-18-28(29(33)19-25)31(34,35)38-27-16-11-24(12-17-27)23-9-14-26(32)15-10-23/h2,5-6,9-19,22,30H,1,3-4,7-8,20-21H2/b6-5+. The minimum absolute atomic E-state index is 0.134. The Morgan fingerprint density at radius 2 is 1.47 bits per heavy atom. The van der Waals surface area contributed by atoms with Crippen molar-refractivity contribution in [2.45, 2.75) is 38.1 Å². The largest absolute Gasteiger partial charge is 0.429 e. The second-order valence-corrected chi connectivity index (χ2v) is 9.17. The summed E-state index contributed by atoms with van der Waals surface area (Å²) < 4.78 is 73.9. The van der Waals surface area contributed by atoms with Crippen LogP contribution >= 0.6 is 0 Å². The molecule has 1 aliphatic heterocycles.